The zero-order valence-electron chi connectivity index (χ0n) is 12.7. The average molecular weight is 314 g/mol. The lowest BCUT2D eigenvalue weighted by Crippen LogP contribution is -2.38. The molecular formula is C14H22N2O6. The minimum absolute atomic E-state index is 0.0475. The lowest BCUT2D eigenvalue weighted by Gasteiger charge is -2.20. The smallest absolute Gasteiger partial charge is 0.413 e. The molecule has 0 aromatic rings. The largest absolute Gasteiger partial charge is 0.454 e. The molecule has 0 unspecified atom stereocenters. The molecule has 0 saturated heterocycles. The van der Waals surface area contributed by atoms with E-state index in [4.69, 9.17) is 0 Å². The monoisotopic (exact) mass is 314 g/mol. The molecule has 22 heavy (non-hydrogen) atoms. The number of carbonyl (C=O) groups excluding carboxylic acids is 4. The summed E-state index contributed by atoms with van der Waals surface area (Å²) in [5.41, 5.74) is 0. The second-order valence-corrected chi connectivity index (χ2v) is 4.98. The highest BCUT2D eigenvalue weighted by Crippen LogP contribution is 2.23. The van der Waals surface area contributed by atoms with Crippen molar-refractivity contribution in [2.45, 2.75) is 39.0 Å². The second-order valence-electron chi connectivity index (χ2n) is 4.98. The van der Waals surface area contributed by atoms with Gasteiger partial charge in [0, 0.05) is 5.92 Å². The van der Waals surface area contributed by atoms with Gasteiger partial charge < -0.3 is 14.8 Å². The van der Waals surface area contributed by atoms with Crippen molar-refractivity contribution in [1.29, 1.82) is 0 Å². The fraction of sp³-hybridized carbons (Fsp3) is 0.714. The molecule has 0 aromatic heterocycles. The maximum absolute atomic E-state index is 11.8. The Morgan fingerprint density at radius 2 is 1.73 bits per heavy atom. The first-order valence-corrected chi connectivity index (χ1v) is 7.43. The van der Waals surface area contributed by atoms with Gasteiger partial charge in [-0.25, -0.2) is 4.79 Å². The Labute approximate surface area is 128 Å². The van der Waals surface area contributed by atoms with Gasteiger partial charge in [0.1, 0.15) is 6.54 Å². The predicted molar refractivity (Wildman–Crippen MR) is 75.7 cm³/mol. The summed E-state index contributed by atoms with van der Waals surface area (Å²) in [6, 6.07) is 0. The summed E-state index contributed by atoms with van der Waals surface area (Å²) >= 11 is 0. The zero-order chi connectivity index (χ0) is 16.4. The van der Waals surface area contributed by atoms with Gasteiger partial charge in [-0.2, -0.15) is 0 Å². The number of alkyl carbamates (subject to hydrolysis) is 1. The van der Waals surface area contributed by atoms with E-state index in [2.05, 4.69) is 14.8 Å². The van der Waals surface area contributed by atoms with Crippen LogP contribution in [0.4, 0.5) is 4.79 Å². The Morgan fingerprint density at radius 1 is 1.05 bits per heavy atom. The lowest BCUT2D eigenvalue weighted by molar-refractivity contribution is -0.148. The fourth-order valence-corrected chi connectivity index (χ4v) is 2.18. The predicted octanol–water partition coefficient (Wildman–Crippen LogP) is 0.499. The highest BCUT2D eigenvalue weighted by Gasteiger charge is 2.21. The molecule has 1 aliphatic rings. The van der Waals surface area contributed by atoms with Gasteiger partial charge in [0.25, 0.3) is 5.91 Å². The van der Waals surface area contributed by atoms with Crippen LogP contribution in [0, 0.1) is 5.92 Å². The number of amides is 3. The van der Waals surface area contributed by atoms with Crippen LogP contribution in [0.3, 0.4) is 0 Å². The third-order valence-corrected chi connectivity index (χ3v) is 3.26. The standard InChI is InChI=1S/C14H22N2O6/c1-2-21-14(20)16-11(17)9-22-12(18)8-15-13(19)10-6-4-3-5-7-10/h10H,2-9H2,1H3,(H,15,19)(H,16,17,20). The number of rotatable bonds is 6. The van der Waals surface area contributed by atoms with E-state index in [1.807, 2.05) is 5.32 Å². The Bertz CT molecular complexity index is 418. The summed E-state index contributed by atoms with van der Waals surface area (Å²) in [5, 5.41) is 4.39. The summed E-state index contributed by atoms with van der Waals surface area (Å²) in [4.78, 5) is 45.4. The Hall–Kier alpha value is -2.12. The molecule has 0 heterocycles. The van der Waals surface area contributed by atoms with Crippen LogP contribution < -0.4 is 10.6 Å². The van der Waals surface area contributed by atoms with Crippen molar-refractivity contribution in [2.75, 3.05) is 19.8 Å². The number of carbonyl (C=O) groups is 4. The number of nitrogens with one attached hydrogen (secondary N) is 2. The highest BCUT2D eigenvalue weighted by atomic mass is 16.6. The van der Waals surface area contributed by atoms with Gasteiger partial charge in [-0.15, -0.1) is 0 Å². The van der Waals surface area contributed by atoms with Crippen LogP contribution in [0.15, 0.2) is 0 Å². The molecule has 1 aliphatic carbocycles. The van der Waals surface area contributed by atoms with E-state index in [9.17, 15) is 19.2 Å². The van der Waals surface area contributed by atoms with Gasteiger partial charge in [-0.05, 0) is 19.8 Å². The van der Waals surface area contributed by atoms with Crippen molar-refractivity contribution in [3.05, 3.63) is 0 Å². The van der Waals surface area contributed by atoms with Gasteiger partial charge in [-0.1, -0.05) is 19.3 Å². The molecule has 0 atom stereocenters. The number of hydrogen-bond donors (Lipinski definition) is 2. The van der Waals surface area contributed by atoms with E-state index >= 15 is 0 Å². The average Bonchev–Trinajstić information content (AvgIpc) is 2.51. The maximum Gasteiger partial charge on any atom is 0.413 e. The van der Waals surface area contributed by atoms with Crippen molar-refractivity contribution >= 4 is 23.9 Å². The first kappa shape index (κ1) is 17.9. The van der Waals surface area contributed by atoms with Crippen LogP contribution in [0.2, 0.25) is 0 Å². The van der Waals surface area contributed by atoms with Crippen molar-refractivity contribution in [2.24, 2.45) is 5.92 Å². The fourth-order valence-electron chi connectivity index (χ4n) is 2.18. The molecule has 124 valence electrons. The molecule has 0 aromatic carbocycles. The van der Waals surface area contributed by atoms with E-state index in [1.165, 1.54) is 0 Å². The normalized spacial score (nSPS) is 14.8. The molecule has 1 fully saturated rings. The summed E-state index contributed by atoms with van der Waals surface area (Å²) in [6.07, 6.45) is 3.97. The molecular weight excluding hydrogens is 292 g/mol. The van der Waals surface area contributed by atoms with E-state index in [0.717, 1.165) is 32.1 Å². The van der Waals surface area contributed by atoms with Crippen LogP contribution in [0.5, 0.6) is 0 Å². The van der Waals surface area contributed by atoms with Gasteiger partial charge in [-0.3, -0.25) is 19.7 Å². The third kappa shape index (κ3) is 7.05. The van der Waals surface area contributed by atoms with Crippen LogP contribution in [-0.2, 0) is 23.9 Å². The maximum atomic E-state index is 11.8. The number of esters is 1. The van der Waals surface area contributed by atoms with Gasteiger partial charge in [0.2, 0.25) is 5.91 Å². The van der Waals surface area contributed by atoms with Crippen molar-refractivity contribution < 1.29 is 28.7 Å². The molecule has 8 nitrogen and oxygen atoms in total. The lowest BCUT2D eigenvalue weighted by atomic mass is 9.89. The van der Waals surface area contributed by atoms with Gasteiger partial charge >= 0.3 is 12.1 Å². The van der Waals surface area contributed by atoms with Gasteiger partial charge in [0.15, 0.2) is 6.61 Å². The number of hydrogen-bond acceptors (Lipinski definition) is 6. The Kier molecular flexibility index (Phi) is 7.95. The SMILES string of the molecule is CCOC(=O)NC(=O)COC(=O)CNC(=O)C1CCCCC1. The molecule has 0 radical (unpaired) electrons. The van der Waals surface area contributed by atoms with Crippen molar-refractivity contribution in [3.8, 4) is 0 Å². The van der Waals surface area contributed by atoms with E-state index in [1.54, 1.807) is 6.92 Å². The van der Waals surface area contributed by atoms with E-state index in [0.29, 0.717) is 0 Å². The van der Waals surface area contributed by atoms with E-state index < -0.39 is 24.6 Å². The minimum atomic E-state index is -0.894. The molecule has 1 rings (SSSR count). The van der Waals surface area contributed by atoms with Crippen LogP contribution in [0.25, 0.3) is 0 Å². The van der Waals surface area contributed by atoms with Crippen LogP contribution in [-0.4, -0.2) is 43.6 Å². The molecule has 0 aliphatic heterocycles. The van der Waals surface area contributed by atoms with Crippen LogP contribution >= 0.6 is 0 Å². The molecule has 0 bridgehead atoms. The first-order valence-electron chi connectivity index (χ1n) is 7.43. The minimum Gasteiger partial charge on any atom is -0.454 e. The summed E-state index contributed by atoms with van der Waals surface area (Å²) in [7, 11) is 0. The number of ether oxygens (including phenoxy) is 2. The van der Waals surface area contributed by atoms with E-state index in [-0.39, 0.29) is 25.0 Å². The topological polar surface area (TPSA) is 111 Å². The van der Waals surface area contributed by atoms with Crippen molar-refractivity contribution in [1.82, 2.24) is 10.6 Å². The molecule has 2 N–H and O–H groups in total. The molecule has 3 amide bonds. The summed E-state index contributed by atoms with van der Waals surface area (Å²) < 4.78 is 9.14. The van der Waals surface area contributed by atoms with Crippen molar-refractivity contribution in [3.63, 3.8) is 0 Å². The third-order valence-electron chi connectivity index (χ3n) is 3.26. The highest BCUT2D eigenvalue weighted by molar-refractivity contribution is 5.93. The van der Waals surface area contributed by atoms with Crippen LogP contribution in [0.1, 0.15) is 39.0 Å². The molecule has 8 heteroatoms. The summed E-state index contributed by atoms with van der Waals surface area (Å²) in [6.45, 7) is 0.837. The number of imide groups is 1. The zero-order valence-corrected chi connectivity index (χ0v) is 12.7. The first-order chi connectivity index (χ1) is 10.5. The second kappa shape index (κ2) is 9.75. The van der Waals surface area contributed by atoms with Gasteiger partial charge in [0.05, 0.1) is 6.61 Å². The summed E-state index contributed by atoms with van der Waals surface area (Å²) in [5.74, 6) is -1.73. The Morgan fingerprint density at radius 3 is 2.36 bits per heavy atom. The molecule has 0 spiro atoms. The quantitative estimate of drug-likeness (QED) is 0.691. The Balaban J connectivity index is 2.16. The molecule has 1 saturated carbocycles.